The molecule has 0 bridgehead atoms. The summed E-state index contributed by atoms with van der Waals surface area (Å²) in [5.41, 5.74) is 2.18. The highest BCUT2D eigenvalue weighted by Gasteiger charge is 2.23. The zero-order chi connectivity index (χ0) is 25.2. The molecule has 1 heterocycles. The van der Waals surface area contributed by atoms with Crippen LogP contribution in [0.5, 0.6) is 0 Å². The monoisotopic (exact) mass is 490 g/mol. The van der Waals surface area contributed by atoms with Gasteiger partial charge in [0.1, 0.15) is 5.82 Å². The van der Waals surface area contributed by atoms with Crippen LogP contribution < -0.4 is 10.6 Å². The van der Waals surface area contributed by atoms with Crippen LogP contribution in [0.25, 0.3) is 16.5 Å². The molecule has 3 aromatic carbocycles. The van der Waals surface area contributed by atoms with E-state index in [1.807, 2.05) is 57.2 Å². The second-order valence-electron chi connectivity index (χ2n) is 9.10. The Morgan fingerprint density at radius 1 is 1.00 bits per heavy atom. The van der Waals surface area contributed by atoms with Crippen molar-refractivity contribution in [2.75, 3.05) is 17.2 Å². The zero-order valence-corrected chi connectivity index (χ0v) is 20.8. The third-order valence-electron chi connectivity index (χ3n) is 5.41. The van der Waals surface area contributed by atoms with E-state index in [4.69, 9.17) is 21.4 Å². The number of benzene rings is 3. The number of aromatic nitrogens is 2. The molecule has 180 valence electrons. The van der Waals surface area contributed by atoms with Crippen molar-refractivity contribution in [2.24, 2.45) is 0 Å². The average molecular weight is 491 g/mol. The van der Waals surface area contributed by atoms with Crippen LogP contribution in [0.3, 0.4) is 0 Å². The molecular weight excluding hydrogens is 464 g/mol. The molecule has 0 radical (unpaired) electrons. The molecular formula is C27H27ClN4O3. The lowest BCUT2D eigenvalue weighted by atomic mass is 9.92. The number of urea groups is 1. The van der Waals surface area contributed by atoms with Crippen molar-refractivity contribution in [3.05, 3.63) is 83.0 Å². The van der Waals surface area contributed by atoms with Gasteiger partial charge in [0, 0.05) is 22.2 Å². The van der Waals surface area contributed by atoms with Crippen molar-refractivity contribution in [3.8, 4) is 5.69 Å². The van der Waals surface area contributed by atoms with E-state index in [-0.39, 0.29) is 12.0 Å². The number of ether oxygens (including phenoxy) is 1. The van der Waals surface area contributed by atoms with Crippen LogP contribution >= 0.6 is 11.6 Å². The standard InChI is InChI=1S/C27H27ClN4O3/c1-5-35-25(33)22-15-20(14-17-8-6-7-9-21(17)22)32-24(16-23(31-32)27(2,3)4)30-26(34)29-19-12-10-18(28)11-13-19/h6-16H,5H2,1-4H3,(H2,29,30,34). The number of carbonyl (C=O) groups is 2. The number of amides is 2. The number of hydrogen-bond acceptors (Lipinski definition) is 4. The number of nitrogens with zero attached hydrogens (tertiary/aromatic N) is 2. The van der Waals surface area contributed by atoms with E-state index in [1.165, 1.54) is 0 Å². The Kier molecular flexibility index (Phi) is 6.80. The molecule has 2 amide bonds. The lowest BCUT2D eigenvalue weighted by molar-refractivity contribution is 0.0528. The first-order valence-corrected chi connectivity index (χ1v) is 11.7. The van der Waals surface area contributed by atoms with Gasteiger partial charge in [-0.2, -0.15) is 5.10 Å². The lowest BCUT2D eigenvalue weighted by Crippen LogP contribution is -2.21. The molecule has 4 aromatic rings. The van der Waals surface area contributed by atoms with Gasteiger partial charge in [-0.25, -0.2) is 14.3 Å². The number of esters is 1. The molecule has 0 aliphatic heterocycles. The van der Waals surface area contributed by atoms with Gasteiger partial charge in [0.15, 0.2) is 0 Å². The van der Waals surface area contributed by atoms with Crippen molar-refractivity contribution in [2.45, 2.75) is 33.1 Å². The molecule has 35 heavy (non-hydrogen) atoms. The van der Waals surface area contributed by atoms with Gasteiger partial charge >= 0.3 is 12.0 Å². The molecule has 0 aliphatic rings. The second-order valence-corrected chi connectivity index (χ2v) is 9.53. The van der Waals surface area contributed by atoms with E-state index in [2.05, 4.69) is 10.6 Å². The van der Waals surface area contributed by atoms with Gasteiger partial charge in [0.25, 0.3) is 0 Å². The maximum absolute atomic E-state index is 12.8. The molecule has 4 rings (SSSR count). The summed E-state index contributed by atoms with van der Waals surface area (Å²) in [5, 5.41) is 12.7. The summed E-state index contributed by atoms with van der Waals surface area (Å²) in [4.78, 5) is 25.6. The minimum absolute atomic E-state index is 0.269. The van der Waals surface area contributed by atoms with Crippen molar-refractivity contribution in [3.63, 3.8) is 0 Å². The second kappa shape index (κ2) is 9.80. The fourth-order valence-corrected chi connectivity index (χ4v) is 3.77. The molecule has 7 nitrogen and oxygen atoms in total. The van der Waals surface area contributed by atoms with E-state index in [0.717, 1.165) is 16.5 Å². The molecule has 0 spiro atoms. The fourth-order valence-electron chi connectivity index (χ4n) is 3.64. The Bertz CT molecular complexity index is 1390. The molecule has 1 aromatic heterocycles. The van der Waals surface area contributed by atoms with Crippen LogP contribution in [0.4, 0.5) is 16.3 Å². The molecule has 8 heteroatoms. The summed E-state index contributed by atoms with van der Waals surface area (Å²) in [6.45, 7) is 8.17. The molecule has 0 atom stereocenters. The predicted molar refractivity (Wildman–Crippen MR) is 140 cm³/mol. The Morgan fingerprint density at radius 3 is 2.40 bits per heavy atom. The van der Waals surface area contributed by atoms with E-state index in [9.17, 15) is 9.59 Å². The maximum Gasteiger partial charge on any atom is 0.338 e. The first-order chi connectivity index (χ1) is 16.7. The number of anilines is 2. The predicted octanol–water partition coefficient (Wildman–Crippen LogP) is 6.80. The quantitative estimate of drug-likeness (QED) is 0.301. The summed E-state index contributed by atoms with van der Waals surface area (Å²) in [5.74, 6) is 0.0511. The van der Waals surface area contributed by atoms with Crippen molar-refractivity contribution < 1.29 is 14.3 Å². The van der Waals surface area contributed by atoms with Crippen LogP contribution in [0.2, 0.25) is 5.02 Å². The Balaban J connectivity index is 1.77. The van der Waals surface area contributed by atoms with Gasteiger partial charge < -0.3 is 10.1 Å². The topological polar surface area (TPSA) is 85.2 Å². The highest BCUT2D eigenvalue weighted by atomic mass is 35.5. The van der Waals surface area contributed by atoms with Gasteiger partial charge in [-0.3, -0.25) is 5.32 Å². The number of fused-ring (bicyclic) bond motifs is 1. The Labute approximate surface area is 209 Å². The van der Waals surface area contributed by atoms with E-state index in [0.29, 0.717) is 27.8 Å². The molecule has 2 N–H and O–H groups in total. The van der Waals surface area contributed by atoms with Crippen LogP contribution in [0.1, 0.15) is 43.7 Å². The van der Waals surface area contributed by atoms with E-state index >= 15 is 0 Å². The van der Waals surface area contributed by atoms with Crippen LogP contribution in [0.15, 0.2) is 66.7 Å². The average Bonchev–Trinajstić information content (AvgIpc) is 3.24. The van der Waals surface area contributed by atoms with Crippen molar-refractivity contribution in [1.82, 2.24) is 9.78 Å². The van der Waals surface area contributed by atoms with E-state index in [1.54, 1.807) is 41.9 Å². The summed E-state index contributed by atoms with van der Waals surface area (Å²) < 4.78 is 6.93. The maximum atomic E-state index is 12.8. The van der Waals surface area contributed by atoms with Crippen LogP contribution in [-0.2, 0) is 10.2 Å². The number of halogens is 1. The number of nitrogens with one attached hydrogen (secondary N) is 2. The Morgan fingerprint density at radius 2 is 1.71 bits per heavy atom. The number of rotatable bonds is 5. The number of carbonyl (C=O) groups excluding carboxylic acids is 2. The highest BCUT2D eigenvalue weighted by Crippen LogP contribution is 2.30. The van der Waals surface area contributed by atoms with Crippen LogP contribution in [-0.4, -0.2) is 28.4 Å². The minimum Gasteiger partial charge on any atom is -0.462 e. The van der Waals surface area contributed by atoms with Gasteiger partial charge in [-0.15, -0.1) is 0 Å². The number of hydrogen-bond donors (Lipinski definition) is 2. The molecule has 0 saturated carbocycles. The summed E-state index contributed by atoms with van der Waals surface area (Å²) >= 11 is 5.94. The van der Waals surface area contributed by atoms with Crippen LogP contribution in [0, 0.1) is 0 Å². The van der Waals surface area contributed by atoms with Crippen molar-refractivity contribution >= 4 is 45.9 Å². The first-order valence-electron chi connectivity index (χ1n) is 11.3. The van der Waals surface area contributed by atoms with Gasteiger partial charge in [0.05, 0.1) is 23.6 Å². The minimum atomic E-state index is -0.430. The first kappa shape index (κ1) is 24.3. The largest absolute Gasteiger partial charge is 0.462 e. The van der Waals surface area contributed by atoms with Gasteiger partial charge in [0.2, 0.25) is 0 Å². The van der Waals surface area contributed by atoms with Gasteiger partial charge in [-0.05, 0) is 54.1 Å². The normalized spacial score (nSPS) is 11.3. The third kappa shape index (κ3) is 5.46. The third-order valence-corrected chi connectivity index (χ3v) is 5.66. The summed E-state index contributed by atoms with van der Waals surface area (Å²) in [6, 6.07) is 19.5. The van der Waals surface area contributed by atoms with E-state index < -0.39 is 12.0 Å². The molecule has 0 saturated heterocycles. The smallest absolute Gasteiger partial charge is 0.338 e. The van der Waals surface area contributed by atoms with Crippen molar-refractivity contribution in [1.29, 1.82) is 0 Å². The van der Waals surface area contributed by atoms with Gasteiger partial charge in [-0.1, -0.05) is 56.6 Å². The molecule has 0 unspecified atom stereocenters. The Hall–Kier alpha value is -3.84. The SMILES string of the molecule is CCOC(=O)c1cc(-n2nc(C(C)(C)C)cc2NC(=O)Nc2ccc(Cl)cc2)cc2ccccc12. The fraction of sp³-hybridized carbons (Fsp3) is 0.222. The summed E-state index contributed by atoms with van der Waals surface area (Å²) in [7, 11) is 0. The highest BCUT2D eigenvalue weighted by molar-refractivity contribution is 6.30. The molecule has 0 fully saturated rings. The summed E-state index contributed by atoms with van der Waals surface area (Å²) in [6.07, 6.45) is 0. The lowest BCUT2D eigenvalue weighted by Gasteiger charge is -2.14. The molecule has 0 aliphatic carbocycles. The zero-order valence-electron chi connectivity index (χ0n) is 20.1.